The molecule has 2 spiro atoms. The smallest absolute Gasteiger partial charge is 0.395 e. The normalized spacial score (nSPS) is 36.6. The Morgan fingerprint density at radius 3 is 0.879 bits per heavy atom. The van der Waals surface area contributed by atoms with Crippen LogP contribution >= 0.6 is 0 Å². The summed E-state index contributed by atoms with van der Waals surface area (Å²) in [6, 6.07) is -9.01. The van der Waals surface area contributed by atoms with E-state index in [4.69, 9.17) is 0 Å². The van der Waals surface area contributed by atoms with E-state index < -0.39 is 120 Å². The highest BCUT2D eigenvalue weighted by molar-refractivity contribution is 5.79. The van der Waals surface area contributed by atoms with Crippen LogP contribution in [0.1, 0.15) is 0 Å². The van der Waals surface area contributed by atoms with Crippen LogP contribution in [0.5, 0.6) is 0 Å². The molecule has 10 nitrogen and oxygen atoms in total. The minimum Gasteiger partial charge on any atom is -0.395 e. The van der Waals surface area contributed by atoms with Gasteiger partial charge < -0.3 is 9.47 Å². The third-order valence-electron chi connectivity index (χ3n) is 7.17. The van der Waals surface area contributed by atoms with E-state index >= 15 is 0 Å². The zero-order chi connectivity index (χ0) is 46.1. The standard InChI is InChI=1S/C11F16O6.C9H2F12O4/c12-1(28)3(6(14,15)16)30-8(20,21)5(9(22,23)31-3)10(24,25)32-4(2(13)29,7(17,18)19)33-11(5,26)27;10-1(11)3-22-6(14,15)5(7(16,17)23-3)8(18,19)24-4(2(12)13)25-9(5,20)21/h;1,3H. The maximum absolute atomic E-state index is 14.2. The molecule has 0 N–H and O–H groups in total. The van der Waals surface area contributed by atoms with Crippen molar-refractivity contribution in [3.05, 3.63) is 12.0 Å². The predicted octanol–water partition coefficient (Wildman–Crippen LogP) is 8.04. The summed E-state index contributed by atoms with van der Waals surface area (Å²) in [6.07, 6.45) is -82.8. The molecule has 4 heterocycles. The van der Waals surface area contributed by atoms with Crippen molar-refractivity contribution in [1.29, 1.82) is 0 Å². The maximum atomic E-state index is 14.2. The third kappa shape index (κ3) is 6.14. The lowest BCUT2D eigenvalue weighted by molar-refractivity contribution is -0.676. The van der Waals surface area contributed by atoms with Crippen molar-refractivity contribution in [3.8, 4) is 0 Å². The molecule has 0 aromatic rings. The van der Waals surface area contributed by atoms with Crippen molar-refractivity contribution >= 4 is 12.1 Å². The fraction of sp³-hybridized carbons (Fsp3) is 0.800. The van der Waals surface area contributed by atoms with Crippen LogP contribution in [0.25, 0.3) is 0 Å². The van der Waals surface area contributed by atoms with Crippen molar-refractivity contribution in [1.82, 2.24) is 0 Å². The van der Waals surface area contributed by atoms with Gasteiger partial charge in [-0.2, -0.15) is 114 Å². The number of carbonyl (C=O) groups excluding carboxylic acids is 2. The van der Waals surface area contributed by atoms with Crippen LogP contribution < -0.4 is 0 Å². The molecular weight excluding hydrogens is 932 g/mol. The average Bonchev–Trinajstić information content (AvgIpc) is 2.90. The van der Waals surface area contributed by atoms with Crippen LogP contribution in [0, 0.1) is 10.8 Å². The largest absolute Gasteiger partial charge is 0.454 e. The Labute approximate surface area is 292 Å². The monoisotopic (exact) mass is 934 g/mol. The van der Waals surface area contributed by atoms with Crippen LogP contribution in [0.4, 0.5) is 123 Å². The number of alkyl halides is 24. The van der Waals surface area contributed by atoms with Crippen molar-refractivity contribution < 1.29 is 170 Å². The minimum atomic E-state index is -7.66. The van der Waals surface area contributed by atoms with Gasteiger partial charge in [0.25, 0.3) is 6.43 Å². The molecule has 0 aromatic carbocycles. The van der Waals surface area contributed by atoms with E-state index in [2.05, 4.69) is 37.9 Å². The van der Waals surface area contributed by atoms with Gasteiger partial charge >= 0.3 is 108 Å². The van der Waals surface area contributed by atoms with Crippen LogP contribution in [0.3, 0.4) is 0 Å². The summed E-state index contributed by atoms with van der Waals surface area (Å²) in [6.45, 7) is 0. The number of ether oxygens (including phenoxy) is 8. The van der Waals surface area contributed by atoms with Gasteiger partial charge in [0.1, 0.15) is 0 Å². The molecule has 4 aliphatic rings. The van der Waals surface area contributed by atoms with Gasteiger partial charge in [-0.25, -0.2) is 8.78 Å². The minimum absolute atomic E-state index is 2.14. The van der Waals surface area contributed by atoms with Crippen molar-refractivity contribution in [3.63, 3.8) is 0 Å². The molecule has 4 rings (SSSR count). The Kier molecular flexibility index (Phi) is 10.9. The molecule has 0 amide bonds. The van der Waals surface area contributed by atoms with Gasteiger partial charge in [0.05, 0.1) is 0 Å². The summed E-state index contributed by atoms with van der Waals surface area (Å²) in [5.74, 6) is -16.2. The van der Waals surface area contributed by atoms with Crippen molar-refractivity contribution in [2.75, 3.05) is 0 Å². The fourth-order valence-corrected chi connectivity index (χ4v) is 4.80. The first-order chi connectivity index (χ1) is 25.2. The van der Waals surface area contributed by atoms with Crippen molar-refractivity contribution in [2.45, 2.75) is 85.5 Å². The third-order valence-corrected chi connectivity index (χ3v) is 7.17. The second-order valence-corrected chi connectivity index (χ2v) is 10.5. The van der Waals surface area contributed by atoms with Gasteiger partial charge in [-0.05, 0) is 0 Å². The van der Waals surface area contributed by atoms with E-state index in [-0.39, 0.29) is 0 Å². The van der Waals surface area contributed by atoms with Crippen LogP contribution in [-0.4, -0.2) is 97.6 Å². The van der Waals surface area contributed by atoms with Crippen LogP contribution in [0.2, 0.25) is 0 Å². The molecule has 4 saturated heterocycles. The fourth-order valence-electron chi connectivity index (χ4n) is 4.80. The highest BCUT2D eigenvalue weighted by Crippen LogP contribution is 2.75. The number of hydrogen-bond donors (Lipinski definition) is 0. The molecule has 4 aliphatic heterocycles. The Balaban J connectivity index is 0.000000322. The predicted molar refractivity (Wildman–Crippen MR) is 102 cm³/mol. The molecular formula is C20H2F28O10. The van der Waals surface area contributed by atoms with Crippen LogP contribution in [0.15, 0.2) is 12.0 Å². The van der Waals surface area contributed by atoms with Gasteiger partial charge in [0.2, 0.25) is 6.29 Å². The molecule has 0 radical (unpaired) electrons. The molecule has 38 heteroatoms. The number of rotatable bonds is 3. The molecule has 0 aromatic heterocycles. The first kappa shape index (κ1) is 48.8. The zero-order valence-corrected chi connectivity index (χ0v) is 24.8. The Bertz CT molecular complexity index is 1530. The van der Waals surface area contributed by atoms with Gasteiger partial charge in [-0.3, -0.25) is 38.0 Å². The van der Waals surface area contributed by atoms with E-state index in [9.17, 15) is 133 Å². The summed E-state index contributed by atoms with van der Waals surface area (Å²) in [5, 5.41) is 0. The number of halogens is 28. The summed E-state index contributed by atoms with van der Waals surface area (Å²) < 4.78 is 394. The summed E-state index contributed by atoms with van der Waals surface area (Å²) in [5.41, 5.74) is -14.2. The topological polar surface area (TPSA) is 108 Å². The first-order valence-electron chi connectivity index (χ1n) is 12.7. The second-order valence-electron chi connectivity index (χ2n) is 10.5. The number of carbonyl (C=O) groups is 2. The van der Waals surface area contributed by atoms with Gasteiger partial charge in [0.15, 0.2) is 0 Å². The summed E-state index contributed by atoms with van der Waals surface area (Å²) >= 11 is 0. The first-order valence-corrected chi connectivity index (χ1v) is 12.7. The molecule has 338 valence electrons. The van der Waals surface area contributed by atoms with E-state index in [0.29, 0.717) is 0 Å². The van der Waals surface area contributed by atoms with E-state index in [0.717, 1.165) is 0 Å². The second kappa shape index (κ2) is 13.0. The van der Waals surface area contributed by atoms with E-state index in [1.54, 1.807) is 0 Å². The average molecular weight is 934 g/mol. The highest BCUT2D eigenvalue weighted by Gasteiger charge is 3.03. The SMILES string of the molecule is FC(F)=C1OC(F)(F)C2(C(F)(F)O1)C(F)(F)OC(C(F)F)OC2(F)F.O=C(F)C1(C(F)(F)F)OC(F)(F)C2(C(F)(F)O1)C(F)(F)OC(C(=O)F)(C(F)(F)F)OC2(F)F. The van der Waals surface area contributed by atoms with Gasteiger partial charge in [-0.15, -0.1) is 0 Å². The summed E-state index contributed by atoms with van der Waals surface area (Å²) in [4.78, 5) is 21.0. The molecule has 4 fully saturated rings. The summed E-state index contributed by atoms with van der Waals surface area (Å²) in [7, 11) is 0. The molecule has 58 heavy (non-hydrogen) atoms. The molecule has 0 atom stereocenters. The van der Waals surface area contributed by atoms with Crippen molar-refractivity contribution in [2.24, 2.45) is 10.8 Å². The lowest BCUT2D eigenvalue weighted by Crippen LogP contribution is -2.86. The van der Waals surface area contributed by atoms with E-state index in [1.807, 2.05) is 0 Å². The quantitative estimate of drug-likeness (QED) is 0.204. The highest BCUT2D eigenvalue weighted by atomic mass is 19.4. The molecule has 0 unspecified atom stereocenters. The van der Waals surface area contributed by atoms with E-state index in [1.165, 1.54) is 0 Å². The lowest BCUT2D eigenvalue weighted by Gasteiger charge is -2.58. The molecule has 0 bridgehead atoms. The van der Waals surface area contributed by atoms with Crippen LogP contribution in [-0.2, 0) is 47.5 Å². The Morgan fingerprint density at radius 2 is 0.690 bits per heavy atom. The Morgan fingerprint density at radius 1 is 0.448 bits per heavy atom. The molecule has 0 aliphatic carbocycles. The molecule has 0 saturated carbocycles. The Hall–Kier alpha value is -3.52. The van der Waals surface area contributed by atoms with Gasteiger partial charge in [0, 0.05) is 0 Å². The zero-order valence-electron chi connectivity index (χ0n) is 24.8. The lowest BCUT2D eigenvalue weighted by atomic mass is 9.78. The number of hydrogen-bond acceptors (Lipinski definition) is 10. The van der Waals surface area contributed by atoms with Gasteiger partial charge in [-0.1, -0.05) is 0 Å². The maximum Gasteiger partial charge on any atom is 0.454 e.